The van der Waals surface area contributed by atoms with Gasteiger partial charge in [0, 0.05) is 24.2 Å². The highest BCUT2D eigenvalue weighted by atomic mass is 35.5. The summed E-state index contributed by atoms with van der Waals surface area (Å²) in [7, 11) is 3.07. The van der Waals surface area contributed by atoms with Gasteiger partial charge in [-0.1, -0.05) is 11.6 Å². The lowest BCUT2D eigenvalue weighted by atomic mass is 10.2. The molecule has 1 aliphatic rings. The van der Waals surface area contributed by atoms with Crippen molar-refractivity contribution < 1.29 is 23.8 Å². The third-order valence-electron chi connectivity index (χ3n) is 4.72. The summed E-state index contributed by atoms with van der Waals surface area (Å²) in [5, 5.41) is 3.19. The maximum absolute atomic E-state index is 12.6. The number of anilines is 1. The summed E-state index contributed by atoms with van der Waals surface area (Å²) < 4.78 is 16.5. The summed E-state index contributed by atoms with van der Waals surface area (Å²) in [5.74, 6) is 0.535. The van der Waals surface area contributed by atoms with Crippen LogP contribution >= 0.6 is 11.6 Å². The van der Waals surface area contributed by atoms with Crippen molar-refractivity contribution in [3.8, 4) is 11.5 Å². The van der Waals surface area contributed by atoms with Crippen molar-refractivity contribution >= 4 is 29.1 Å². The van der Waals surface area contributed by atoms with Gasteiger partial charge in [0.25, 0.3) is 5.91 Å². The number of benzene rings is 2. The molecule has 1 N–H and O–H groups in total. The molecular weight excluding hydrogens is 408 g/mol. The molecule has 0 unspecified atom stereocenters. The third kappa shape index (κ3) is 5.87. The molecular formula is C22H25ClN2O5. The fourth-order valence-electron chi connectivity index (χ4n) is 3.13. The van der Waals surface area contributed by atoms with Crippen molar-refractivity contribution in [2.75, 3.05) is 39.2 Å². The number of hydrogen-bond donors (Lipinski definition) is 1. The molecule has 0 aliphatic carbocycles. The van der Waals surface area contributed by atoms with Gasteiger partial charge in [-0.2, -0.15) is 0 Å². The smallest absolute Gasteiger partial charge is 0.254 e. The Morgan fingerprint density at radius 3 is 2.67 bits per heavy atom. The quantitative estimate of drug-likeness (QED) is 0.689. The van der Waals surface area contributed by atoms with Gasteiger partial charge in [-0.15, -0.1) is 0 Å². The summed E-state index contributed by atoms with van der Waals surface area (Å²) in [5.41, 5.74) is 0.915. The van der Waals surface area contributed by atoms with E-state index in [1.807, 2.05) is 0 Å². The highest BCUT2D eigenvalue weighted by molar-refractivity contribution is 6.31. The normalized spacial score (nSPS) is 15.5. The van der Waals surface area contributed by atoms with Crippen LogP contribution in [0.4, 0.5) is 5.69 Å². The van der Waals surface area contributed by atoms with Crippen molar-refractivity contribution in [1.82, 2.24) is 4.90 Å². The fourth-order valence-corrected chi connectivity index (χ4v) is 3.31. The SMILES string of the molecule is COc1ccc(Cl)cc1NC(=O)CN(C)C(=O)c1ccc(OC[C@H]2CCCO2)cc1. The maximum atomic E-state index is 12.6. The van der Waals surface area contributed by atoms with E-state index in [9.17, 15) is 9.59 Å². The van der Waals surface area contributed by atoms with E-state index in [0.717, 1.165) is 19.4 Å². The topological polar surface area (TPSA) is 77.1 Å². The van der Waals surface area contributed by atoms with E-state index in [4.69, 9.17) is 25.8 Å². The number of nitrogens with one attached hydrogen (secondary N) is 1. The summed E-state index contributed by atoms with van der Waals surface area (Å²) in [6.07, 6.45) is 2.20. The molecule has 1 fully saturated rings. The number of likely N-dealkylation sites (N-methyl/N-ethyl adjacent to an activating group) is 1. The highest BCUT2D eigenvalue weighted by Gasteiger charge is 2.18. The molecule has 0 bridgehead atoms. The van der Waals surface area contributed by atoms with Gasteiger partial charge in [-0.25, -0.2) is 0 Å². The molecule has 1 heterocycles. The summed E-state index contributed by atoms with van der Waals surface area (Å²) >= 11 is 5.98. The molecule has 1 atom stereocenters. The van der Waals surface area contributed by atoms with E-state index in [1.165, 1.54) is 12.0 Å². The second-order valence-electron chi connectivity index (χ2n) is 7.02. The van der Waals surface area contributed by atoms with Gasteiger partial charge in [-0.05, 0) is 55.3 Å². The average Bonchev–Trinajstić information content (AvgIpc) is 3.26. The minimum absolute atomic E-state index is 0.119. The molecule has 2 aromatic carbocycles. The number of rotatable bonds is 8. The number of hydrogen-bond acceptors (Lipinski definition) is 5. The first-order valence-corrected chi connectivity index (χ1v) is 10.1. The van der Waals surface area contributed by atoms with Crippen LogP contribution in [0.5, 0.6) is 11.5 Å². The van der Waals surface area contributed by atoms with E-state index < -0.39 is 0 Å². The number of amides is 2. The van der Waals surface area contributed by atoms with Gasteiger partial charge in [0.1, 0.15) is 18.1 Å². The fraction of sp³-hybridized carbons (Fsp3) is 0.364. The van der Waals surface area contributed by atoms with Crippen LogP contribution in [0.15, 0.2) is 42.5 Å². The summed E-state index contributed by atoms with van der Waals surface area (Å²) in [6, 6.07) is 11.8. The van der Waals surface area contributed by atoms with Gasteiger partial charge in [0.05, 0.1) is 25.4 Å². The largest absolute Gasteiger partial charge is 0.495 e. The number of carbonyl (C=O) groups is 2. The zero-order valence-electron chi connectivity index (χ0n) is 17.0. The zero-order valence-corrected chi connectivity index (χ0v) is 17.8. The zero-order chi connectivity index (χ0) is 21.5. The van der Waals surface area contributed by atoms with E-state index in [-0.39, 0.29) is 24.5 Å². The Bertz CT molecular complexity index is 882. The number of ether oxygens (including phenoxy) is 3. The molecule has 1 saturated heterocycles. The van der Waals surface area contributed by atoms with Crippen molar-refractivity contribution in [3.05, 3.63) is 53.1 Å². The number of methoxy groups -OCH3 is 1. The average molecular weight is 433 g/mol. The predicted molar refractivity (Wildman–Crippen MR) is 115 cm³/mol. The van der Waals surface area contributed by atoms with Crippen LogP contribution in [0.25, 0.3) is 0 Å². The Balaban J connectivity index is 1.53. The van der Waals surface area contributed by atoms with Gasteiger partial charge >= 0.3 is 0 Å². The van der Waals surface area contributed by atoms with Crippen LogP contribution in [0.2, 0.25) is 5.02 Å². The number of halogens is 1. The lowest BCUT2D eigenvalue weighted by molar-refractivity contribution is -0.116. The summed E-state index contributed by atoms with van der Waals surface area (Å²) in [4.78, 5) is 26.3. The van der Waals surface area contributed by atoms with E-state index in [1.54, 1.807) is 49.5 Å². The second-order valence-corrected chi connectivity index (χ2v) is 7.46. The molecule has 0 radical (unpaired) electrons. The monoisotopic (exact) mass is 432 g/mol. The number of carbonyl (C=O) groups excluding carboxylic acids is 2. The number of nitrogens with zero attached hydrogens (tertiary/aromatic N) is 1. The van der Waals surface area contributed by atoms with Crippen molar-refractivity contribution in [2.45, 2.75) is 18.9 Å². The molecule has 0 saturated carbocycles. The van der Waals surface area contributed by atoms with Gasteiger partial charge in [0.15, 0.2) is 0 Å². The Labute approximate surface area is 180 Å². The minimum Gasteiger partial charge on any atom is -0.495 e. The van der Waals surface area contributed by atoms with Gasteiger partial charge < -0.3 is 24.4 Å². The molecule has 2 aromatic rings. The van der Waals surface area contributed by atoms with E-state index in [0.29, 0.717) is 34.4 Å². The summed E-state index contributed by atoms with van der Waals surface area (Å²) in [6.45, 7) is 1.16. The molecule has 30 heavy (non-hydrogen) atoms. The Morgan fingerprint density at radius 2 is 2.00 bits per heavy atom. The molecule has 0 spiro atoms. The van der Waals surface area contributed by atoms with Crippen LogP contribution in [-0.2, 0) is 9.53 Å². The van der Waals surface area contributed by atoms with E-state index >= 15 is 0 Å². The predicted octanol–water partition coefficient (Wildman–Crippen LogP) is 3.62. The first-order valence-electron chi connectivity index (χ1n) is 9.69. The van der Waals surface area contributed by atoms with Crippen molar-refractivity contribution in [1.29, 1.82) is 0 Å². The third-order valence-corrected chi connectivity index (χ3v) is 4.96. The molecule has 160 valence electrons. The van der Waals surface area contributed by atoms with Crippen molar-refractivity contribution in [3.63, 3.8) is 0 Å². The van der Waals surface area contributed by atoms with Crippen LogP contribution < -0.4 is 14.8 Å². The van der Waals surface area contributed by atoms with E-state index in [2.05, 4.69) is 5.32 Å². The van der Waals surface area contributed by atoms with Crippen molar-refractivity contribution in [2.24, 2.45) is 0 Å². The Kier molecular flexibility index (Phi) is 7.54. The standard InChI is InChI=1S/C22H25ClN2O5/c1-25(13-21(26)24-19-12-16(23)7-10-20(19)28-2)22(27)15-5-8-17(9-6-15)30-14-18-4-3-11-29-18/h5-10,12,18H,3-4,11,13-14H2,1-2H3,(H,24,26)/t18-/m1/s1. The second kappa shape index (κ2) is 10.3. The molecule has 0 aromatic heterocycles. The van der Waals surface area contributed by atoms with Crippen LogP contribution in [0.3, 0.4) is 0 Å². The maximum Gasteiger partial charge on any atom is 0.254 e. The lowest BCUT2D eigenvalue weighted by Crippen LogP contribution is -2.35. The van der Waals surface area contributed by atoms with Gasteiger partial charge in [0.2, 0.25) is 5.91 Å². The molecule has 7 nitrogen and oxygen atoms in total. The Morgan fingerprint density at radius 1 is 1.23 bits per heavy atom. The molecule has 2 amide bonds. The first kappa shape index (κ1) is 21.9. The molecule has 3 rings (SSSR count). The first-order chi connectivity index (χ1) is 14.5. The van der Waals surface area contributed by atoms with Crippen LogP contribution in [0.1, 0.15) is 23.2 Å². The van der Waals surface area contributed by atoms with Gasteiger partial charge in [-0.3, -0.25) is 9.59 Å². The lowest BCUT2D eigenvalue weighted by Gasteiger charge is -2.18. The Hall–Kier alpha value is -2.77. The highest BCUT2D eigenvalue weighted by Crippen LogP contribution is 2.27. The minimum atomic E-state index is -0.358. The molecule has 8 heteroatoms. The van der Waals surface area contributed by atoms with Crippen LogP contribution in [0, 0.1) is 0 Å². The van der Waals surface area contributed by atoms with Crippen LogP contribution in [-0.4, -0.2) is 56.7 Å². The molecule has 1 aliphatic heterocycles.